The van der Waals surface area contributed by atoms with Crippen molar-refractivity contribution in [1.82, 2.24) is 4.90 Å². The first kappa shape index (κ1) is 17.4. The van der Waals surface area contributed by atoms with Gasteiger partial charge >= 0.3 is 5.97 Å². The van der Waals surface area contributed by atoms with Crippen LogP contribution >= 0.6 is 0 Å². The first-order valence-electron chi connectivity index (χ1n) is 6.61. The van der Waals surface area contributed by atoms with Crippen molar-refractivity contribution in [1.29, 1.82) is 0 Å². The smallest absolute Gasteiger partial charge is 0.305 e. The van der Waals surface area contributed by atoms with Crippen molar-refractivity contribution in [3.63, 3.8) is 0 Å². The summed E-state index contributed by atoms with van der Waals surface area (Å²) in [4.78, 5) is 12.9. The van der Waals surface area contributed by atoms with E-state index in [-0.39, 0.29) is 5.97 Å². The van der Waals surface area contributed by atoms with E-state index in [1.165, 1.54) is 7.11 Å². The maximum absolute atomic E-state index is 10.9. The first-order valence-corrected chi connectivity index (χ1v) is 6.61. The van der Waals surface area contributed by atoms with Gasteiger partial charge in [0.15, 0.2) is 0 Å². The minimum absolute atomic E-state index is 0.188. The molecule has 1 unspecified atom stereocenters. The van der Waals surface area contributed by atoms with Crippen LogP contribution in [0.4, 0.5) is 0 Å². The minimum Gasteiger partial charge on any atom is -0.469 e. The van der Waals surface area contributed by atoms with E-state index >= 15 is 0 Å². The Morgan fingerprint density at radius 2 is 2.11 bits per heavy atom. The van der Waals surface area contributed by atoms with E-state index in [2.05, 4.69) is 11.7 Å². The summed E-state index contributed by atoms with van der Waals surface area (Å²) in [5, 5.41) is 9.72. The highest BCUT2D eigenvalue weighted by Gasteiger charge is 2.09. The quantitative estimate of drug-likeness (QED) is 0.445. The summed E-state index contributed by atoms with van der Waals surface area (Å²) < 4.78 is 9.91. The number of methoxy groups -OCH3 is 1. The van der Waals surface area contributed by atoms with Gasteiger partial charge < -0.3 is 19.5 Å². The minimum atomic E-state index is -0.468. The monoisotopic (exact) mass is 261 g/mol. The average Bonchev–Trinajstić information content (AvgIpc) is 2.34. The third-order valence-corrected chi connectivity index (χ3v) is 2.62. The van der Waals surface area contributed by atoms with E-state index in [0.717, 1.165) is 25.8 Å². The zero-order chi connectivity index (χ0) is 13.8. The molecule has 0 bridgehead atoms. The van der Waals surface area contributed by atoms with Crippen LogP contribution in [0.1, 0.15) is 32.6 Å². The van der Waals surface area contributed by atoms with Crippen LogP contribution in [0.15, 0.2) is 0 Å². The zero-order valence-electron chi connectivity index (χ0n) is 11.9. The molecule has 0 radical (unpaired) electrons. The van der Waals surface area contributed by atoms with Crippen molar-refractivity contribution in [3.05, 3.63) is 0 Å². The van der Waals surface area contributed by atoms with Gasteiger partial charge in [-0.2, -0.15) is 0 Å². The molecule has 0 aromatic heterocycles. The van der Waals surface area contributed by atoms with E-state index in [0.29, 0.717) is 26.2 Å². The summed E-state index contributed by atoms with van der Waals surface area (Å²) in [6.45, 7) is 4.52. The molecule has 0 amide bonds. The predicted molar refractivity (Wildman–Crippen MR) is 70.5 cm³/mol. The highest BCUT2D eigenvalue weighted by molar-refractivity contribution is 5.69. The lowest BCUT2D eigenvalue weighted by Crippen LogP contribution is -2.33. The van der Waals surface area contributed by atoms with Gasteiger partial charge in [0.1, 0.15) is 0 Å². The third-order valence-electron chi connectivity index (χ3n) is 2.62. The molecule has 18 heavy (non-hydrogen) atoms. The van der Waals surface area contributed by atoms with Crippen LogP contribution in [0.3, 0.4) is 0 Å². The topological polar surface area (TPSA) is 59.0 Å². The second kappa shape index (κ2) is 11.4. The second-order valence-corrected chi connectivity index (χ2v) is 4.52. The van der Waals surface area contributed by atoms with E-state index in [1.54, 1.807) is 0 Å². The Balaban J connectivity index is 3.48. The number of nitrogens with zero attached hydrogens (tertiary/aromatic N) is 1. The highest BCUT2D eigenvalue weighted by atomic mass is 16.5. The number of hydrogen-bond acceptors (Lipinski definition) is 5. The molecule has 5 heteroatoms. The number of carbonyl (C=O) groups excluding carboxylic acids is 1. The number of likely N-dealkylation sites (N-methyl/N-ethyl adjacent to an activating group) is 1. The van der Waals surface area contributed by atoms with Gasteiger partial charge in [0.2, 0.25) is 0 Å². The van der Waals surface area contributed by atoms with Gasteiger partial charge in [-0.25, -0.2) is 0 Å². The molecule has 5 nitrogen and oxygen atoms in total. The number of carbonyl (C=O) groups is 1. The lowest BCUT2D eigenvalue weighted by molar-refractivity contribution is -0.140. The Morgan fingerprint density at radius 1 is 1.39 bits per heavy atom. The lowest BCUT2D eigenvalue weighted by Gasteiger charge is -2.20. The molecule has 0 rings (SSSR count). The lowest BCUT2D eigenvalue weighted by atomic mass is 10.3. The third kappa shape index (κ3) is 10.5. The van der Waals surface area contributed by atoms with Gasteiger partial charge in [-0.1, -0.05) is 13.3 Å². The van der Waals surface area contributed by atoms with Gasteiger partial charge in [0.05, 0.1) is 19.8 Å². The predicted octanol–water partition coefficient (Wildman–Crippen LogP) is 1.05. The second-order valence-electron chi connectivity index (χ2n) is 4.52. The Hall–Kier alpha value is -0.650. The molecule has 1 N–H and O–H groups in total. The normalized spacial score (nSPS) is 12.7. The number of ether oxygens (including phenoxy) is 2. The van der Waals surface area contributed by atoms with Gasteiger partial charge in [-0.15, -0.1) is 0 Å². The Bertz CT molecular complexity index is 211. The van der Waals surface area contributed by atoms with Gasteiger partial charge in [0.25, 0.3) is 0 Å². The molecule has 0 fully saturated rings. The number of esters is 1. The number of aliphatic hydroxyl groups excluding tert-OH is 1. The fraction of sp³-hybridized carbons (Fsp3) is 0.923. The van der Waals surface area contributed by atoms with Crippen LogP contribution in [0.25, 0.3) is 0 Å². The van der Waals surface area contributed by atoms with E-state index in [4.69, 9.17) is 4.74 Å². The number of hydrogen-bond donors (Lipinski definition) is 1. The van der Waals surface area contributed by atoms with Crippen molar-refractivity contribution in [2.24, 2.45) is 0 Å². The largest absolute Gasteiger partial charge is 0.469 e. The van der Waals surface area contributed by atoms with Crippen molar-refractivity contribution in [2.75, 3.05) is 40.5 Å². The van der Waals surface area contributed by atoms with E-state index in [1.807, 2.05) is 11.9 Å². The molecule has 0 aromatic carbocycles. The molecular weight excluding hydrogens is 234 g/mol. The van der Waals surface area contributed by atoms with Crippen molar-refractivity contribution < 1.29 is 19.4 Å². The average molecular weight is 261 g/mol. The van der Waals surface area contributed by atoms with E-state index < -0.39 is 6.10 Å². The van der Waals surface area contributed by atoms with Crippen molar-refractivity contribution in [3.8, 4) is 0 Å². The van der Waals surface area contributed by atoms with Crippen LogP contribution in [0, 0.1) is 0 Å². The van der Waals surface area contributed by atoms with Crippen LogP contribution in [-0.4, -0.2) is 62.5 Å². The van der Waals surface area contributed by atoms with Gasteiger partial charge in [-0.3, -0.25) is 4.79 Å². The fourth-order valence-corrected chi connectivity index (χ4v) is 1.56. The van der Waals surface area contributed by atoms with Gasteiger partial charge in [-0.05, 0) is 26.4 Å². The molecule has 0 aromatic rings. The Labute approximate surface area is 110 Å². The molecule has 0 spiro atoms. The highest BCUT2D eigenvalue weighted by Crippen LogP contribution is 1.98. The number of rotatable bonds is 11. The van der Waals surface area contributed by atoms with Crippen LogP contribution in [0.2, 0.25) is 0 Å². The molecule has 1 atom stereocenters. The summed E-state index contributed by atoms with van der Waals surface area (Å²) >= 11 is 0. The Morgan fingerprint density at radius 3 is 2.72 bits per heavy atom. The molecule has 0 saturated heterocycles. The number of unbranched alkanes of at least 4 members (excludes halogenated alkanes) is 1. The van der Waals surface area contributed by atoms with Gasteiger partial charge in [0, 0.05) is 19.6 Å². The molecule has 0 aliphatic heterocycles. The van der Waals surface area contributed by atoms with Crippen molar-refractivity contribution in [2.45, 2.75) is 38.7 Å². The maximum atomic E-state index is 10.9. The Kier molecular flexibility index (Phi) is 11.0. The SMILES string of the molecule is CCCCOCC(O)CN(C)CCCC(=O)OC. The number of aliphatic hydroxyl groups is 1. The molecule has 108 valence electrons. The van der Waals surface area contributed by atoms with E-state index in [9.17, 15) is 9.90 Å². The summed E-state index contributed by atoms with van der Waals surface area (Å²) in [7, 11) is 3.32. The first-order chi connectivity index (χ1) is 8.60. The summed E-state index contributed by atoms with van der Waals surface area (Å²) in [5.41, 5.74) is 0. The van der Waals surface area contributed by atoms with Crippen LogP contribution < -0.4 is 0 Å². The van der Waals surface area contributed by atoms with Crippen molar-refractivity contribution >= 4 is 5.97 Å². The maximum Gasteiger partial charge on any atom is 0.305 e. The molecular formula is C13H27NO4. The molecule has 0 saturated carbocycles. The van der Waals surface area contributed by atoms with Crippen LogP contribution in [0.5, 0.6) is 0 Å². The summed E-state index contributed by atoms with van der Waals surface area (Å²) in [6.07, 6.45) is 2.83. The fourth-order valence-electron chi connectivity index (χ4n) is 1.56. The van der Waals surface area contributed by atoms with Crippen LogP contribution in [-0.2, 0) is 14.3 Å². The standard InChI is InChI=1S/C13H27NO4/c1-4-5-9-18-11-12(15)10-14(2)8-6-7-13(16)17-3/h12,15H,4-11H2,1-3H3. The zero-order valence-corrected chi connectivity index (χ0v) is 11.9. The summed E-state index contributed by atoms with van der Waals surface area (Å²) in [5.74, 6) is -0.188. The molecule has 0 heterocycles. The molecule has 0 aliphatic rings. The molecule has 0 aliphatic carbocycles. The summed E-state index contributed by atoms with van der Waals surface area (Å²) in [6, 6.07) is 0.